The van der Waals surface area contributed by atoms with E-state index in [1.165, 1.54) is 0 Å². The van der Waals surface area contributed by atoms with Gasteiger partial charge < -0.3 is 69.9 Å². The fourth-order valence-electron chi connectivity index (χ4n) is 3.30. The monoisotopic (exact) mass is 558 g/mol. The lowest BCUT2D eigenvalue weighted by atomic mass is 9.97. The molecule has 38 heavy (non-hydrogen) atoms. The Morgan fingerprint density at radius 2 is 1.58 bits per heavy atom. The number of aliphatic hydroxyl groups is 8. The van der Waals surface area contributed by atoms with Crippen molar-refractivity contribution >= 4 is 5.91 Å². The summed E-state index contributed by atoms with van der Waals surface area (Å²) in [5.41, 5.74) is 8.12. The Kier molecular flexibility index (Phi) is 17.5. The van der Waals surface area contributed by atoms with Gasteiger partial charge in [0.05, 0.1) is 52.9 Å². The van der Waals surface area contributed by atoms with Crippen molar-refractivity contribution in [2.45, 2.75) is 55.1 Å². The zero-order valence-corrected chi connectivity index (χ0v) is 20.6. The van der Waals surface area contributed by atoms with E-state index in [1.54, 1.807) is 0 Å². The van der Waals surface area contributed by atoms with Gasteiger partial charge in [0, 0.05) is 18.0 Å². The molecule has 0 saturated carbocycles. The van der Waals surface area contributed by atoms with Gasteiger partial charge in [0.15, 0.2) is 12.4 Å². The minimum absolute atomic E-state index is 0.0315. The Labute approximate surface area is 217 Å². The van der Waals surface area contributed by atoms with Gasteiger partial charge in [-0.25, -0.2) is 0 Å². The first-order chi connectivity index (χ1) is 18.2. The number of azide groups is 1. The molecule has 0 bridgehead atoms. The molecule has 1 aliphatic heterocycles. The van der Waals surface area contributed by atoms with E-state index in [9.17, 15) is 45.6 Å². The second-order valence-electron chi connectivity index (χ2n) is 8.06. The standard InChI is InChI=1S/C20H38N4O14/c21-24-23-2-4-35-6-8-36-7-5-34-3-1-22-19(32)15(30)13(28)17(11(27)9-25)38-18-12(10-26)37-20(33)16(31)14(18)29/h11-18,20,25-31,33H,1-10H2,(H,22,32)/t11?,12-,13?,14-,15?,16-,17?,18-,20+/m0/s1. The summed E-state index contributed by atoms with van der Waals surface area (Å²) in [6.07, 6.45) is -16.6. The molecule has 1 saturated heterocycles. The smallest absolute Gasteiger partial charge is 0.251 e. The number of hydrogen-bond donors (Lipinski definition) is 9. The van der Waals surface area contributed by atoms with Crippen LogP contribution in [0.25, 0.3) is 10.4 Å². The molecule has 9 atom stereocenters. The van der Waals surface area contributed by atoms with Crippen LogP contribution in [-0.2, 0) is 28.5 Å². The minimum atomic E-state index is -2.16. The predicted octanol–water partition coefficient (Wildman–Crippen LogP) is -5.28. The maximum Gasteiger partial charge on any atom is 0.251 e. The summed E-state index contributed by atoms with van der Waals surface area (Å²) in [6.45, 7) is -0.268. The molecule has 1 amide bonds. The van der Waals surface area contributed by atoms with Crippen LogP contribution in [0.4, 0.5) is 0 Å². The van der Waals surface area contributed by atoms with Gasteiger partial charge in [-0.2, -0.15) is 0 Å². The number of hydrogen-bond acceptors (Lipinski definition) is 15. The fraction of sp³-hybridized carbons (Fsp3) is 0.950. The largest absolute Gasteiger partial charge is 0.394 e. The number of rotatable bonds is 20. The van der Waals surface area contributed by atoms with Crippen molar-refractivity contribution in [2.75, 3.05) is 65.9 Å². The molecular weight excluding hydrogens is 520 g/mol. The SMILES string of the molecule is [N-]=[N+]=NCCOCCOCCOCCNC(=O)C(O)C(O)C(O[C@@H]1[C@@H](O)[C@H](O)[C@H](O)O[C@H]1CO)C(O)CO. The number of aliphatic hydroxyl groups excluding tert-OH is 8. The van der Waals surface area contributed by atoms with Crippen molar-refractivity contribution in [3.8, 4) is 0 Å². The number of amides is 1. The summed E-state index contributed by atoms with van der Waals surface area (Å²) >= 11 is 0. The van der Waals surface area contributed by atoms with E-state index >= 15 is 0 Å². The zero-order chi connectivity index (χ0) is 28.5. The molecule has 1 aliphatic rings. The van der Waals surface area contributed by atoms with Crippen LogP contribution in [0.2, 0.25) is 0 Å². The molecule has 0 aromatic heterocycles. The summed E-state index contributed by atoms with van der Waals surface area (Å²) in [5, 5.41) is 84.7. The van der Waals surface area contributed by atoms with E-state index < -0.39 is 74.2 Å². The normalized spacial score (nSPS) is 26.7. The first kappa shape index (κ1) is 34.3. The fourth-order valence-corrected chi connectivity index (χ4v) is 3.30. The van der Waals surface area contributed by atoms with E-state index in [0.717, 1.165) is 0 Å². The molecule has 18 heteroatoms. The number of nitrogens with zero attached hydrogens (tertiary/aromatic N) is 3. The van der Waals surface area contributed by atoms with E-state index in [2.05, 4.69) is 15.3 Å². The highest BCUT2D eigenvalue weighted by molar-refractivity contribution is 5.81. The molecular formula is C20H38N4O14. The Bertz CT molecular complexity index is 701. The molecule has 9 N–H and O–H groups in total. The number of nitrogens with one attached hydrogen (secondary N) is 1. The molecule has 1 fully saturated rings. The topological polar surface area (TPSA) is 286 Å². The third-order valence-electron chi connectivity index (χ3n) is 5.34. The lowest BCUT2D eigenvalue weighted by molar-refractivity contribution is -0.310. The van der Waals surface area contributed by atoms with Gasteiger partial charge in [-0.15, -0.1) is 0 Å². The van der Waals surface area contributed by atoms with Crippen molar-refractivity contribution in [1.82, 2.24) is 5.32 Å². The molecule has 18 nitrogen and oxygen atoms in total. The average molecular weight is 559 g/mol. The van der Waals surface area contributed by atoms with Gasteiger partial charge in [0.2, 0.25) is 0 Å². The Morgan fingerprint density at radius 1 is 0.974 bits per heavy atom. The van der Waals surface area contributed by atoms with Crippen LogP contribution >= 0.6 is 0 Å². The van der Waals surface area contributed by atoms with Gasteiger partial charge in [0.25, 0.3) is 5.91 Å². The summed E-state index contributed by atoms with van der Waals surface area (Å²) in [6, 6.07) is 0. The zero-order valence-electron chi connectivity index (χ0n) is 20.6. The van der Waals surface area contributed by atoms with Crippen molar-refractivity contribution < 1.29 is 69.3 Å². The molecule has 0 aromatic rings. The Hall–Kier alpha value is -1.74. The highest BCUT2D eigenvalue weighted by Gasteiger charge is 2.48. The maximum atomic E-state index is 12.2. The molecule has 0 aliphatic carbocycles. The van der Waals surface area contributed by atoms with Crippen molar-refractivity contribution in [3.63, 3.8) is 0 Å². The van der Waals surface area contributed by atoms with Crippen LogP contribution in [0.15, 0.2) is 5.11 Å². The quantitative estimate of drug-likeness (QED) is 0.0292. The third-order valence-corrected chi connectivity index (χ3v) is 5.34. The van der Waals surface area contributed by atoms with E-state index in [1.807, 2.05) is 0 Å². The maximum absolute atomic E-state index is 12.2. The van der Waals surface area contributed by atoms with Gasteiger partial charge in [-0.1, -0.05) is 5.11 Å². The van der Waals surface area contributed by atoms with Crippen LogP contribution in [0.3, 0.4) is 0 Å². The minimum Gasteiger partial charge on any atom is -0.394 e. The number of carbonyl (C=O) groups is 1. The second kappa shape index (κ2) is 19.3. The van der Waals surface area contributed by atoms with Gasteiger partial charge >= 0.3 is 0 Å². The van der Waals surface area contributed by atoms with Crippen LogP contribution in [-0.4, -0.2) is 168 Å². The summed E-state index contributed by atoms with van der Waals surface area (Å²) in [5.74, 6) is -1.07. The Morgan fingerprint density at radius 3 is 2.16 bits per heavy atom. The molecule has 222 valence electrons. The molecule has 0 spiro atoms. The van der Waals surface area contributed by atoms with Gasteiger partial charge in [0.1, 0.15) is 42.7 Å². The predicted molar refractivity (Wildman–Crippen MR) is 123 cm³/mol. The van der Waals surface area contributed by atoms with Crippen molar-refractivity contribution in [3.05, 3.63) is 10.4 Å². The summed E-state index contributed by atoms with van der Waals surface area (Å²) in [7, 11) is 0. The number of carbonyl (C=O) groups excluding carboxylic acids is 1. The van der Waals surface area contributed by atoms with Gasteiger partial charge in [-0.3, -0.25) is 4.79 Å². The van der Waals surface area contributed by atoms with Crippen LogP contribution < -0.4 is 5.32 Å². The van der Waals surface area contributed by atoms with Crippen molar-refractivity contribution in [2.24, 2.45) is 5.11 Å². The van der Waals surface area contributed by atoms with E-state index in [-0.39, 0.29) is 39.5 Å². The van der Waals surface area contributed by atoms with Crippen LogP contribution in [0.5, 0.6) is 0 Å². The number of ether oxygens (including phenoxy) is 5. The molecule has 1 rings (SSSR count). The first-order valence-electron chi connectivity index (χ1n) is 11.8. The van der Waals surface area contributed by atoms with E-state index in [4.69, 9.17) is 29.2 Å². The molecule has 0 radical (unpaired) electrons. The van der Waals surface area contributed by atoms with Crippen LogP contribution in [0.1, 0.15) is 0 Å². The highest BCUT2D eigenvalue weighted by atomic mass is 16.7. The highest BCUT2D eigenvalue weighted by Crippen LogP contribution is 2.25. The second-order valence-corrected chi connectivity index (χ2v) is 8.06. The van der Waals surface area contributed by atoms with E-state index in [0.29, 0.717) is 13.2 Å². The lowest BCUT2D eigenvalue weighted by Crippen LogP contribution is -2.62. The lowest BCUT2D eigenvalue weighted by Gasteiger charge is -2.42. The molecule has 0 aromatic carbocycles. The van der Waals surface area contributed by atoms with Crippen LogP contribution in [0, 0.1) is 0 Å². The first-order valence-corrected chi connectivity index (χ1v) is 11.8. The third kappa shape index (κ3) is 11.6. The van der Waals surface area contributed by atoms with Crippen molar-refractivity contribution in [1.29, 1.82) is 0 Å². The summed E-state index contributed by atoms with van der Waals surface area (Å²) < 4.78 is 25.9. The van der Waals surface area contributed by atoms with Gasteiger partial charge in [-0.05, 0) is 5.53 Å². The Balaban J connectivity index is 2.43. The molecule has 1 heterocycles. The average Bonchev–Trinajstić information content (AvgIpc) is 2.92. The molecule has 4 unspecified atom stereocenters. The summed E-state index contributed by atoms with van der Waals surface area (Å²) in [4.78, 5) is 14.8.